The highest BCUT2D eigenvalue weighted by atomic mass is 79.9. The van der Waals surface area contributed by atoms with Gasteiger partial charge in [-0.15, -0.1) is 0 Å². The first-order valence-corrected chi connectivity index (χ1v) is 7.25. The Morgan fingerprint density at radius 3 is 2.21 bits per heavy atom. The van der Waals surface area contributed by atoms with E-state index in [1.165, 1.54) is 6.07 Å². The van der Waals surface area contributed by atoms with Gasteiger partial charge in [-0.2, -0.15) is 13.2 Å². The predicted molar refractivity (Wildman–Crippen MR) is 76.8 cm³/mol. The van der Waals surface area contributed by atoms with Crippen LogP contribution in [0.3, 0.4) is 0 Å². The first-order chi connectivity index (χ1) is 8.63. The van der Waals surface area contributed by atoms with Crippen LogP contribution in [0.25, 0.3) is 0 Å². The standard InChI is InChI=1S/C14H19BrF3N/c1-5-13(2,3)19(4)12-7-6-10(9-15)8-11(12)14(16,17)18/h6-8H,5,9H2,1-4H3. The highest BCUT2D eigenvalue weighted by Gasteiger charge is 2.36. The SMILES string of the molecule is CCC(C)(C)N(C)c1ccc(CBr)cc1C(F)(F)F. The molecule has 0 amide bonds. The van der Waals surface area contributed by atoms with Gasteiger partial charge in [0.25, 0.3) is 0 Å². The highest BCUT2D eigenvalue weighted by Crippen LogP contribution is 2.39. The summed E-state index contributed by atoms with van der Waals surface area (Å²) in [6, 6.07) is 4.49. The molecule has 0 radical (unpaired) electrons. The maximum absolute atomic E-state index is 13.2. The van der Waals surface area contributed by atoms with Gasteiger partial charge >= 0.3 is 6.18 Å². The molecule has 0 fully saturated rings. The average Bonchev–Trinajstić information content (AvgIpc) is 2.36. The molecule has 0 saturated heterocycles. The van der Waals surface area contributed by atoms with Gasteiger partial charge in [0.05, 0.1) is 5.56 Å². The predicted octanol–water partition coefficient (Wildman–Crippen LogP) is 5.23. The molecule has 0 spiro atoms. The Kier molecular flexibility index (Phi) is 4.93. The number of nitrogens with zero attached hydrogens (tertiary/aromatic N) is 1. The van der Waals surface area contributed by atoms with Crippen LogP contribution < -0.4 is 4.90 Å². The molecular formula is C14H19BrF3N. The molecule has 1 rings (SSSR count). The van der Waals surface area contributed by atoms with E-state index in [1.54, 1.807) is 24.1 Å². The lowest BCUT2D eigenvalue weighted by atomic mass is 9.97. The van der Waals surface area contributed by atoms with Crippen LogP contribution in [0.4, 0.5) is 18.9 Å². The molecule has 0 aliphatic rings. The average molecular weight is 338 g/mol. The van der Waals surface area contributed by atoms with Crippen molar-refractivity contribution in [3.05, 3.63) is 29.3 Å². The van der Waals surface area contributed by atoms with Crippen molar-refractivity contribution in [2.75, 3.05) is 11.9 Å². The number of rotatable bonds is 4. The summed E-state index contributed by atoms with van der Waals surface area (Å²) in [5.41, 5.74) is -0.0491. The van der Waals surface area contributed by atoms with Crippen LogP contribution in [0.15, 0.2) is 18.2 Å². The number of anilines is 1. The number of halogens is 4. The third-order valence-electron chi connectivity index (χ3n) is 3.66. The lowest BCUT2D eigenvalue weighted by Gasteiger charge is -2.38. The van der Waals surface area contributed by atoms with Crippen LogP contribution in [-0.4, -0.2) is 12.6 Å². The van der Waals surface area contributed by atoms with E-state index >= 15 is 0 Å². The van der Waals surface area contributed by atoms with Crippen molar-refractivity contribution in [2.24, 2.45) is 0 Å². The minimum atomic E-state index is -4.34. The van der Waals surface area contributed by atoms with E-state index in [4.69, 9.17) is 0 Å². The first kappa shape index (κ1) is 16.3. The zero-order valence-corrected chi connectivity index (χ0v) is 13.2. The van der Waals surface area contributed by atoms with Gasteiger partial charge in [-0.25, -0.2) is 0 Å². The molecule has 0 aliphatic carbocycles. The van der Waals surface area contributed by atoms with E-state index in [0.717, 1.165) is 6.42 Å². The quantitative estimate of drug-likeness (QED) is 0.680. The van der Waals surface area contributed by atoms with E-state index in [9.17, 15) is 13.2 Å². The van der Waals surface area contributed by atoms with Crippen LogP contribution in [0.1, 0.15) is 38.3 Å². The van der Waals surface area contributed by atoms with Gasteiger partial charge in [0, 0.05) is 23.6 Å². The van der Waals surface area contributed by atoms with E-state index in [-0.39, 0.29) is 11.2 Å². The Hall–Kier alpha value is -0.710. The molecule has 0 aromatic heterocycles. The fraction of sp³-hybridized carbons (Fsp3) is 0.571. The molecule has 1 aromatic rings. The van der Waals surface area contributed by atoms with Crippen molar-refractivity contribution < 1.29 is 13.2 Å². The van der Waals surface area contributed by atoms with E-state index < -0.39 is 11.7 Å². The molecule has 0 N–H and O–H groups in total. The van der Waals surface area contributed by atoms with Crippen LogP contribution in [0.5, 0.6) is 0 Å². The second-order valence-electron chi connectivity index (χ2n) is 5.21. The monoisotopic (exact) mass is 337 g/mol. The maximum Gasteiger partial charge on any atom is 0.418 e. The van der Waals surface area contributed by atoms with Crippen LogP contribution in [-0.2, 0) is 11.5 Å². The molecule has 5 heteroatoms. The lowest BCUT2D eigenvalue weighted by Crippen LogP contribution is -2.41. The Morgan fingerprint density at radius 1 is 1.21 bits per heavy atom. The Balaban J connectivity index is 3.35. The minimum Gasteiger partial charge on any atom is -0.369 e. The molecule has 19 heavy (non-hydrogen) atoms. The van der Waals surface area contributed by atoms with Gasteiger partial charge in [0.15, 0.2) is 0 Å². The zero-order valence-electron chi connectivity index (χ0n) is 11.6. The summed E-state index contributed by atoms with van der Waals surface area (Å²) in [4.78, 5) is 1.70. The number of hydrogen-bond acceptors (Lipinski definition) is 1. The summed E-state index contributed by atoms with van der Waals surface area (Å²) in [5, 5.41) is 0.414. The van der Waals surface area contributed by atoms with E-state index in [0.29, 0.717) is 10.9 Å². The smallest absolute Gasteiger partial charge is 0.369 e. The molecule has 1 nitrogen and oxygen atoms in total. The molecule has 0 heterocycles. The normalized spacial score (nSPS) is 12.6. The Bertz CT molecular complexity index is 441. The van der Waals surface area contributed by atoms with Gasteiger partial charge in [-0.3, -0.25) is 0 Å². The minimum absolute atomic E-state index is 0.226. The summed E-state index contributed by atoms with van der Waals surface area (Å²) < 4.78 is 39.5. The van der Waals surface area contributed by atoms with Gasteiger partial charge in [-0.1, -0.05) is 28.9 Å². The van der Waals surface area contributed by atoms with Gasteiger partial charge in [-0.05, 0) is 38.0 Å². The fourth-order valence-corrected chi connectivity index (χ4v) is 2.10. The molecule has 0 bridgehead atoms. The van der Waals surface area contributed by atoms with E-state index in [2.05, 4.69) is 15.9 Å². The summed E-state index contributed by atoms with van der Waals surface area (Å²) in [6.45, 7) is 5.84. The van der Waals surface area contributed by atoms with Crippen molar-refractivity contribution in [3.63, 3.8) is 0 Å². The summed E-state index contributed by atoms with van der Waals surface area (Å²) in [7, 11) is 1.71. The van der Waals surface area contributed by atoms with Crippen LogP contribution in [0.2, 0.25) is 0 Å². The maximum atomic E-state index is 13.2. The van der Waals surface area contributed by atoms with Crippen molar-refractivity contribution in [2.45, 2.75) is 44.2 Å². The highest BCUT2D eigenvalue weighted by molar-refractivity contribution is 9.08. The summed E-state index contributed by atoms with van der Waals surface area (Å²) >= 11 is 3.19. The third kappa shape index (κ3) is 3.65. The molecule has 1 aromatic carbocycles. The van der Waals surface area contributed by atoms with Crippen molar-refractivity contribution in [1.82, 2.24) is 0 Å². The first-order valence-electron chi connectivity index (χ1n) is 6.13. The number of benzene rings is 1. The molecule has 0 saturated carbocycles. The number of alkyl halides is 4. The van der Waals surface area contributed by atoms with Crippen LogP contribution in [0, 0.1) is 0 Å². The molecule has 108 valence electrons. The molecule has 0 unspecified atom stereocenters. The summed E-state index contributed by atoms with van der Waals surface area (Å²) in [5.74, 6) is 0. The van der Waals surface area contributed by atoms with Crippen molar-refractivity contribution in [3.8, 4) is 0 Å². The Labute approximate surface area is 120 Å². The second kappa shape index (κ2) is 5.73. The van der Waals surface area contributed by atoms with Crippen molar-refractivity contribution in [1.29, 1.82) is 0 Å². The second-order valence-corrected chi connectivity index (χ2v) is 5.77. The fourth-order valence-electron chi connectivity index (χ4n) is 1.75. The van der Waals surface area contributed by atoms with Gasteiger partial charge in [0.2, 0.25) is 0 Å². The van der Waals surface area contributed by atoms with E-state index in [1.807, 2.05) is 20.8 Å². The zero-order chi connectivity index (χ0) is 14.8. The Morgan fingerprint density at radius 2 is 1.79 bits per heavy atom. The molecule has 0 atom stereocenters. The summed E-state index contributed by atoms with van der Waals surface area (Å²) in [6.07, 6.45) is -3.58. The lowest BCUT2D eigenvalue weighted by molar-refractivity contribution is -0.137. The topological polar surface area (TPSA) is 3.24 Å². The van der Waals surface area contributed by atoms with Crippen molar-refractivity contribution >= 4 is 21.6 Å². The largest absolute Gasteiger partial charge is 0.418 e. The molecule has 0 aliphatic heterocycles. The molecular weight excluding hydrogens is 319 g/mol. The van der Waals surface area contributed by atoms with Gasteiger partial charge < -0.3 is 4.90 Å². The van der Waals surface area contributed by atoms with Gasteiger partial charge in [0.1, 0.15) is 0 Å². The third-order valence-corrected chi connectivity index (χ3v) is 4.30. The van der Waals surface area contributed by atoms with Crippen LogP contribution >= 0.6 is 15.9 Å². The number of hydrogen-bond donors (Lipinski definition) is 0.